The average Bonchev–Trinajstić information content (AvgIpc) is 3.07. The van der Waals surface area contributed by atoms with Crippen molar-refractivity contribution in [1.29, 1.82) is 0 Å². The summed E-state index contributed by atoms with van der Waals surface area (Å²) in [6, 6.07) is 5.81. The minimum atomic E-state index is -0.151. The van der Waals surface area contributed by atoms with Crippen LogP contribution in [0.2, 0.25) is 0 Å². The lowest BCUT2D eigenvalue weighted by atomic mass is 10.0. The quantitative estimate of drug-likeness (QED) is 0.840. The average molecular weight is 300 g/mol. The number of nitrogens with one attached hydrogen (secondary N) is 1. The third kappa shape index (κ3) is 4.07. The van der Waals surface area contributed by atoms with E-state index >= 15 is 0 Å². The van der Waals surface area contributed by atoms with Gasteiger partial charge in [-0.1, -0.05) is 15.9 Å². The molecule has 3 heteroatoms. The molecule has 1 atom stereocenters. The molecule has 0 radical (unpaired) electrons. The molecule has 0 spiro atoms. The van der Waals surface area contributed by atoms with E-state index in [4.69, 9.17) is 0 Å². The molecule has 1 aromatic carbocycles. The summed E-state index contributed by atoms with van der Waals surface area (Å²) < 4.78 is 14.0. The molecule has 0 saturated heterocycles. The maximum absolute atomic E-state index is 13.2. The van der Waals surface area contributed by atoms with E-state index in [0.717, 1.165) is 28.8 Å². The molecule has 1 fully saturated rings. The van der Waals surface area contributed by atoms with Gasteiger partial charge in [0, 0.05) is 10.5 Å². The summed E-state index contributed by atoms with van der Waals surface area (Å²) in [6.45, 7) is 0. The Kier molecular flexibility index (Phi) is 4.57. The van der Waals surface area contributed by atoms with Crippen molar-refractivity contribution in [2.75, 3.05) is 7.05 Å². The predicted molar refractivity (Wildman–Crippen MR) is 72.6 cm³/mol. The van der Waals surface area contributed by atoms with Crippen molar-refractivity contribution in [1.82, 2.24) is 5.32 Å². The topological polar surface area (TPSA) is 12.0 Å². The highest BCUT2D eigenvalue weighted by Gasteiger charge is 2.29. The van der Waals surface area contributed by atoms with Crippen LogP contribution in [-0.4, -0.2) is 13.1 Å². The minimum absolute atomic E-state index is 0.151. The smallest absolute Gasteiger partial charge is 0.124 e. The molecule has 94 valence electrons. The molecule has 0 aromatic heterocycles. The van der Waals surface area contributed by atoms with E-state index in [9.17, 15) is 4.39 Å². The second kappa shape index (κ2) is 5.96. The number of rotatable bonds is 6. The van der Waals surface area contributed by atoms with Gasteiger partial charge in [-0.2, -0.15) is 0 Å². The van der Waals surface area contributed by atoms with Crippen LogP contribution >= 0.6 is 15.9 Å². The van der Waals surface area contributed by atoms with Gasteiger partial charge in [-0.05, 0) is 68.8 Å². The van der Waals surface area contributed by atoms with Crippen molar-refractivity contribution in [2.45, 2.75) is 38.1 Å². The first-order valence-corrected chi connectivity index (χ1v) is 7.10. The summed E-state index contributed by atoms with van der Waals surface area (Å²) in [5.41, 5.74) is 1.09. The van der Waals surface area contributed by atoms with Crippen LogP contribution < -0.4 is 5.32 Å². The predicted octanol–water partition coefficient (Wildman–Crippen LogP) is 3.91. The standard InChI is InChI=1S/C14H19BrFN/c1-17-14(11-5-6-11)4-2-3-10-7-12(15)9-13(16)8-10/h7-9,11,14,17H,2-6H2,1H3. The first-order chi connectivity index (χ1) is 8.19. The molecule has 1 unspecified atom stereocenters. The molecule has 1 N–H and O–H groups in total. The highest BCUT2D eigenvalue weighted by atomic mass is 79.9. The van der Waals surface area contributed by atoms with Gasteiger partial charge in [-0.3, -0.25) is 0 Å². The van der Waals surface area contributed by atoms with Crippen LogP contribution in [0, 0.1) is 11.7 Å². The molecule has 17 heavy (non-hydrogen) atoms. The van der Waals surface area contributed by atoms with E-state index in [2.05, 4.69) is 21.2 Å². The van der Waals surface area contributed by atoms with E-state index < -0.39 is 0 Å². The third-order valence-corrected chi connectivity index (χ3v) is 3.92. The van der Waals surface area contributed by atoms with Gasteiger partial charge in [0.15, 0.2) is 0 Å². The zero-order chi connectivity index (χ0) is 12.3. The molecule has 0 aliphatic heterocycles. The van der Waals surface area contributed by atoms with E-state index in [-0.39, 0.29) is 5.82 Å². The summed E-state index contributed by atoms with van der Waals surface area (Å²) in [4.78, 5) is 0. The van der Waals surface area contributed by atoms with Crippen molar-refractivity contribution in [3.63, 3.8) is 0 Å². The van der Waals surface area contributed by atoms with Gasteiger partial charge in [0.2, 0.25) is 0 Å². The highest BCUT2D eigenvalue weighted by Crippen LogP contribution is 2.34. The van der Waals surface area contributed by atoms with E-state index in [1.807, 2.05) is 13.1 Å². The van der Waals surface area contributed by atoms with Crippen molar-refractivity contribution in [2.24, 2.45) is 5.92 Å². The molecule has 2 rings (SSSR count). The Morgan fingerprint density at radius 1 is 1.41 bits per heavy atom. The molecule has 1 saturated carbocycles. The molecular formula is C14H19BrFN. The largest absolute Gasteiger partial charge is 0.317 e. The van der Waals surface area contributed by atoms with E-state index in [0.29, 0.717) is 6.04 Å². The second-order valence-electron chi connectivity index (χ2n) is 4.90. The van der Waals surface area contributed by atoms with Crippen LogP contribution in [0.25, 0.3) is 0 Å². The van der Waals surface area contributed by atoms with Crippen LogP contribution in [0.15, 0.2) is 22.7 Å². The van der Waals surface area contributed by atoms with Crippen molar-refractivity contribution in [3.05, 3.63) is 34.1 Å². The Morgan fingerprint density at radius 2 is 2.18 bits per heavy atom. The highest BCUT2D eigenvalue weighted by molar-refractivity contribution is 9.10. The first kappa shape index (κ1) is 13.0. The zero-order valence-electron chi connectivity index (χ0n) is 10.2. The summed E-state index contributed by atoms with van der Waals surface area (Å²) >= 11 is 3.33. The SMILES string of the molecule is CNC(CCCc1cc(F)cc(Br)c1)C1CC1. The molecule has 1 aliphatic carbocycles. The fraction of sp³-hybridized carbons (Fsp3) is 0.571. The Labute approximate surface area is 111 Å². The Hall–Kier alpha value is -0.410. The van der Waals surface area contributed by atoms with Gasteiger partial charge >= 0.3 is 0 Å². The Bertz CT molecular complexity index is 356. The Balaban J connectivity index is 1.80. The molecule has 0 heterocycles. The summed E-state index contributed by atoms with van der Waals surface area (Å²) in [5.74, 6) is 0.737. The van der Waals surface area contributed by atoms with E-state index in [1.54, 1.807) is 6.07 Å². The monoisotopic (exact) mass is 299 g/mol. The summed E-state index contributed by atoms with van der Waals surface area (Å²) in [6.07, 6.45) is 6.02. The van der Waals surface area contributed by atoms with Gasteiger partial charge in [0.1, 0.15) is 5.82 Å². The van der Waals surface area contributed by atoms with Crippen LogP contribution in [0.5, 0.6) is 0 Å². The molecule has 1 aromatic rings. The molecule has 0 amide bonds. The third-order valence-electron chi connectivity index (χ3n) is 3.46. The summed E-state index contributed by atoms with van der Waals surface area (Å²) in [5, 5.41) is 3.39. The van der Waals surface area contributed by atoms with Gasteiger partial charge in [0.05, 0.1) is 0 Å². The van der Waals surface area contributed by atoms with Gasteiger partial charge in [0.25, 0.3) is 0 Å². The normalized spacial score (nSPS) is 17.1. The lowest BCUT2D eigenvalue weighted by Crippen LogP contribution is -2.27. The van der Waals surface area contributed by atoms with Crippen molar-refractivity contribution in [3.8, 4) is 0 Å². The minimum Gasteiger partial charge on any atom is -0.317 e. The molecule has 1 nitrogen and oxygen atoms in total. The summed E-state index contributed by atoms with van der Waals surface area (Å²) in [7, 11) is 2.04. The maximum Gasteiger partial charge on any atom is 0.124 e. The molecular weight excluding hydrogens is 281 g/mol. The maximum atomic E-state index is 13.2. The second-order valence-corrected chi connectivity index (χ2v) is 5.82. The van der Waals surface area contributed by atoms with Crippen LogP contribution in [0.3, 0.4) is 0 Å². The van der Waals surface area contributed by atoms with Crippen LogP contribution in [0.4, 0.5) is 4.39 Å². The Morgan fingerprint density at radius 3 is 2.76 bits per heavy atom. The lowest BCUT2D eigenvalue weighted by Gasteiger charge is -2.14. The number of hydrogen-bond acceptors (Lipinski definition) is 1. The van der Waals surface area contributed by atoms with Crippen molar-refractivity contribution < 1.29 is 4.39 Å². The van der Waals surface area contributed by atoms with Gasteiger partial charge < -0.3 is 5.32 Å². The zero-order valence-corrected chi connectivity index (χ0v) is 11.8. The molecule has 1 aliphatic rings. The number of benzene rings is 1. The number of halogens is 2. The van der Waals surface area contributed by atoms with Gasteiger partial charge in [-0.25, -0.2) is 4.39 Å². The molecule has 0 bridgehead atoms. The fourth-order valence-electron chi connectivity index (χ4n) is 2.40. The van der Waals surface area contributed by atoms with E-state index in [1.165, 1.54) is 25.3 Å². The van der Waals surface area contributed by atoms with Crippen molar-refractivity contribution >= 4 is 15.9 Å². The number of aryl methyl sites for hydroxylation is 1. The van der Waals surface area contributed by atoms with Crippen LogP contribution in [0.1, 0.15) is 31.2 Å². The lowest BCUT2D eigenvalue weighted by molar-refractivity contribution is 0.456. The van der Waals surface area contributed by atoms with Crippen LogP contribution in [-0.2, 0) is 6.42 Å². The van der Waals surface area contributed by atoms with Gasteiger partial charge in [-0.15, -0.1) is 0 Å². The fourth-order valence-corrected chi connectivity index (χ4v) is 2.91. The first-order valence-electron chi connectivity index (χ1n) is 6.31. The number of hydrogen-bond donors (Lipinski definition) is 1.